The highest BCUT2D eigenvalue weighted by atomic mass is 16.4. The van der Waals surface area contributed by atoms with Crippen LogP contribution in [0.2, 0.25) is 0 Å². The van der Waals surface area contributed by atoms with E-state index in [9.17, 15) is 14.7 Å². The summed E-state index contributed by atoms with van der Waals surface area (Å²) in [5.41, 5.74) is 2.54. The molecule has 0 saturated carbocycles. The lowest BCUT2D eigenvalue weighted by Crippen LogP contribution is -2.41. The second kappa shape index (κ2) is 6.00. The minimum Gasteiger partial charge on any atom is -0.481 e. The summed E-state index contributed by atoms with van der Waals surface area (Å²) >= 11 is 0. The fraction of sp³-hybridized carbons (Fsp3) is 0.556. The number of Topliss-reactive ketones (excluding diaryl/α,β-unsaturated/α-hetero) is 1. The molecule has 0 amide bonds. The summed E-state index contributed by atoms with van der Waals surface area (Å²) in [6.07, 6.45) is 0. The Kier molecular flexibility index (Phi) is 4.98. The standard InChI is InChI=1S/C18H26O3/c1-10(2)15(18(6,7)17(20)21)16(19)14-12(4)8-11(3)9-13(14)5/h8-10,15H,1-7H3,(H,20,21). The van der Waals surface area contributed by atoms with Gasteiger partial charge in [-0.25, -0.2) is 0 Å². The maximum Gasteiger partial charge on any atom is 0.309 e. The summed E-state index contributed by atoms with van der Waals surface area (Å²) < 4.78 is 0. The molecule has 0 aliphatic heterocycles. The van der Waals surface area contributed by atoms with E-state index in [1.54, 1.807) is 13.8 Å². The van der Waals surface area contributed by atoms with Crippen LogP contribution < -0.4 is 0 Å². The Morgan fingerprint density at radius 2 is 1.48 bits per heavy atom. The van der Waals surface area contributed by atoms with E-state index >= 15 is 0 Å². The van der Waals surface area contributed by atoms with E-state index in [4.69, 9.17) is 0 Å². The molecule has 0 fully saturated rings. The van der Waals surface area contributed by atoms with Crippen molar-refractivity contribution in [3.8, 4) is 0 Å². The average Bonchev–Trinajstić information content (AvgIpc) is 2.25. The molecule has 1 N–H and O–H groups in total. The predicted molar refractivity (Wildman–Crippen MR) is 84.7 cm³/mol. The first-order chi connectivity index (χ1) is 9.50. The summed E-state index contributed by atoms with van der Waals surface area (Å²) in [4.78, 5) is 24.6. The largest absolute Gasteiger partial charge is 0.481 e. The quantitative estimate of drug-likeness (QED) is 0.828. The van der Waals surface area contributed by atoms with Gasteiger partial charge in [-0.2, -0.15) is 0 Å². The van der Waals surface area contributed by atoms with Gasteiger partial charge in [-0.05, 0) is 51.7 Å². The molecule has 3 nitrogen and oxygen atoms in total. The number of carboxylic acid groups (broad SMARTS) is 1. The van der Waals surface area contributed by atoms with Crippen LogP contribution in [0.25, 0.3) is 0 Å². The van der Waals surface area contributed by atoms with E-state index in [0.717, 1.165) is 16.7 Å². The Balaban J connectivity index is 3.42. The summed E-state index contributed by atoms with van der Waals surface area (Å²) in [5.74, 6) is -1.58. The van der Waals surface area contributed by atoms with Crippen LogP contribution in [0.15, 0.2) is 12.1 Å². The van der Waals surface area contributed by atoms with Crippen LogP contribution in [0, 0.1) is 38.0 Å². The van der Waals surface area contributed by atoms with E-state index in [1.165, 1.54) is 0 Å². The lowest BCUT2D eigenvalue weighted by atomic mass is 9.68. The zero-order valence-corrected chi connectivity index (χ0v) is 14.1. The van der Waals surface area contributed by atoms with E-state index in [-0.39, 0.29) is 11.7 Å². The molecule has 21 heavy (non-hydrogen) atoms. The number of ketones is 1. The third-order valence-electron chi connectivity index (χ3n) is 4.20. The molecule has 3 heteroatoms. The van der Waals surface area contributed by atoms with Gasteiger partial charge < -0.3 is 5.11 Å². The molecule has 0 spiro atoms. The monoisotopic (exact) mass is 290 g/mol. The maximum absolute atomic E-state index is 13.0. The van der Waals surface area contributed by atoms with Crippen molar-refractivity contribution in [1.82, 2.24) is 0 Å². The lowest BCUT2D eigenvalue weighted by Gasteiger charge is -2.33. The summed E-state index contributed by atoms with van der Waals surface area (Å²) in [5, 5.41) is 9.49. The number of aliphatic carboxylic acids is 1. The van der Waals surface area contributed by atoms with Crippen molar-refractivity contribution < 1.29 is 14.7 Å². The van der Waals surface area contributed by atoms with E-state index in [0.29, 0.717) is 5.56 Å². The lowest BCUT2D eigenvalue weighted by molar-refractivity contribution is -0.150. The van der Waals surface area contributed by atoms with E-state index < -0.39 is 17.3 Å². The van der Waals surface area contributed by atoms with Gasteiger partial charge in [0, 0.05) is 11.5 Å². The molecule has 0 heterocycles. The third kappa shape index (κ3) is 3.34. The van der Waals surface area contributed by atoms with Gasteiger partial charge in [-0.1, -0.05) is 31.5 Å². The zero-order chi connectivity index (χ0) is 16.5. The van der Waals surface area contributed by atoms with Crippen LogP contribution in [-0.2, 0) is 4.79 Å². The summed E-state index contributed by atoms with van der Waals surface area (Å²) in [6, 6.07) is 3.96. The molecule has 1 atom stereocenters. The van der Waals surface area contributed by atoms with Gasteiger partial charge in [-0.3, -0.25) is 9.59 Å². The van der Waals surface area contributed by atoms with Crippen molar-refractivity contribution in [2.24, 2.45) is 17.3 Å². The van der Waals surface area contributed by atoms with Crippen molar-refractivity contribution in [1.29, 1.82) is 0 Å². The first kappa shape index (κ1) is 17.4. The molecule has 0 aromatic heterocycles. The van der Waals surface area contributed by atoms with Crippen LogP contribution in [0.4, 0.5) is 0 Å². The third-order valence-corrected chi connectivity index (χ3v) is 4.20. The molecule has 1 rings (SSSR count). The minimum absolute atomic E-state index is 0.0382. The maximum atomic E-state index is 13.0. The fourth-order valence-electron chi connectivity index (χ4n) is 3.32. The second-order valence-corrected chi connectivity index (χ2v) is 6.89. The van der Waals surface area contributed by atoms with Crippen molar-refractivity contribution in [3.63, 3.8) is 0 Å². The molecule has 0 radical (unpaired) electrons. The predicted octanol–water partition coefficient (Wildman–Crippen LogP) is 4.18. The fourth-order valence-corrected chi connectivity index (χ4v) is 3.32. The number of hydrogen-bond acceptors (Lipinski definition) is 2. The Labute approximate surface area is 127 Å². The Bertz CT molecular complexity index is 545. The Morgan fingerprint density at radius 3 is 1.81 bits per heavy atom. The van der Waals surface area contributed by atoms with Gasteiger partial charge in [0.05, 0.1) is 5.41 Å². The highest BCUT2D eigenvalue weighted by molar-refractivity contribution is 6.03. The molecule has 0 saturated heterocycles. The molecule has 0 aliphatic carbocycles. The molecule has 1 aromatic carbocycles. The van der Waals surface area contributed by atoms with E-state index in [1.807, 2.05) is 46.8 Å². The minimum atomic E-state index is -1.09. The highest BCUT2D eigenvalue weighted by Gasteiger charge is 2.43. The molecule has 1 unspecified atom stereocenters. The van der Waals surface area contributed by atoms with Crippen LogP contribution in [0.3, 0.4) is 0 Å². The van der Waals surface area contributed by atoms with Crippen molar-refractivity contribution in [2.45, 2.75) is 48.5 Å². The van der Waals surface area contributed by atoms with Gasteiger partial charge in [-0.15, -0.1) is 0 Å². The van der Waals surface area contributed by atoms with Crippen LogP contribution in [-0.4, -0.2) is 16.9 Å². The average molecular weight is 290 g/mol. The van der Waals surface area contributed by atoms with Gasteiger partial charge in [0.2, 0.25) is 0 Å². The number of carbonyl (C=O) groups is 2. The molecule has 0 aliphatic rings. The van der Waals surface area contributed by atoms with Crippen LogP contribution >= 0.6 is 0 Å². The van der Waals surface area contributed by atoms with Gasteiger partial charge in [0.15, 0.2) is 5.78 Å². The second-order valence-electron chi connectivity index (χ2n) is 6.89. The topological polar surface area (TPSA) is 54.4 Å². The first-order valence-electron chi connectivity index (χ1n) is 7.35. The normalized spacial score (nSPS) is 13.3. The van der Waals surface area contributed by atoms with Crippen molar-refractivity contribution in [2.75, 3.05) is 0 Å². The zero-order valence-electron chi connectivity index (χ0n) is 14.1. The number of aryl methyl sites for hydroxylation is 3. The van der Waals surface area contributed by atoms with Crippen LogP contribution in [0.1, 0.15) is 54.7 Å². The van der Waals surface area contributed by atoms with Gasteiger partial charge in [0.1, 0.15) is 0 Å². The van der Waals surface area contributed by atoms with Gasteiger partial charge >= 0.3 is 5.97 Å². The number of rotatable bonds is 5. The van der Waals surface area contributed by atoms with Crippen molar-refractivity contribution in [3.05, 3.63) is 34.4 Å². The molecule has 1 aromatic rings. The summed E-state index contributed by atoms with van der Waals surface area (Å²) in [6.45, 7) is 12.9. The van der Waals surface area contributed by atoms with Crippen molar-refractivity contribution >= 4 is 11.8 Å². The first-order valence-corrected chi connectivity index (χ1v) is 7.35. The number of benzene rings is 1. The number of hydrogen-bond donors (Lipinski definition) is 1. The summed E-state index contributed by atoms with van der Waals surface area (Å²) in [7, 11) is 0. The smallest absolute Gasteiger partial charge is 0.309 e. The highest BCUT2D eigenvalue weighted by Crippen LogP contribution is 2.37. The Morgan fingerprint density at radius 1 is 1.05 bits per heavy atom. The SMILES string of the molecule is Cc1cc(C)c(C(=O)C(C(C)C)C(C)(C)C(=O)O)c(C)c1. The van der Waals surface area contributed by atoms with E-state index in [2.05, 4.69) is 0 Å². The number of carboxylic acids is 1. The molecule has 116 valence electrons. The molecular weight excluding hydrogens is 264 g/mol. The van der Waals surface area contributed by atoms with Gasteiger partial charge in [0.25, 0.3) is 0 Å². The Hall–Kier alpha value is -1.64. The number of carbonyl (C=O) groups excluding carboxylic acids is 1. The molecule has 0 bridgehead atoms. The molecular formula is C18H26O3. The van der Waals surface area contributed by atoms with Crippen LogP contribution in [0.5, 0.6) is 0 Å².